The second-order valence-electron chi connectivity index (χ2n) is 2.98. The molecule has 0 unspecified atom stereocenters. The van der Waals surface area contributed by atoms with E-state index in [-0.39, 0.29) is 0 Å². The average Bonchev–Trinajstić information content (AvgIpc) is 2.09. The summed E-state index contributed by atoms with van der Waals surface area (Å²) in [6, 6.07) is 4.31. The molecule has 0 saturated heterocycles. The lowest BCUT2D eigenvalue weighted by Gasteiger charge is -2.11. The third kappa shape index (κ3) is 1.52. The topological polar surface area (TPSA) is 24.1 Å². The predicted octanol–water partition coefficient (Wildman–Crippen LogP) is 2.39. The summed E-state index contributed by atoms with van der Waals surface area (Å²) in [5, 5.41) is 6.30. The van der Waals surface area contributed by atoms with Crippen molar-refractivity contribution in [3.63, 3.8) is 0 Å². The summed E-state index contributed by atoms with van der Waals surface area (Å²) in [6.07, 6.45) is 0. The van der Waals surface area contributed by atoms with Gasteiger partial charge in [-0.15, -0.1) is 0 Å². The zero-order valence-electron chi connectivity index (χ0n) is 8.15. The van der Waals surface area contributed by atoms with Gasteiger partial charge in [-0.3, -0.25) is 0 Å². The van der Waals surface area contributed by atoms with Crippen molar-refractivity contribution in [2.75, 3.05) is 24.7 Å². The molecule has 0 aromatic heterocycles. The molecule has 0 radical (unpaired) electrons. The molecule has 0 spiro atoms. The lowest BCUT2D eigenvalue weighted by atomic mass is 10.1. The Bertz CT molecular complexity index is 250. The standard InChI is InChI=1S/C10H16N2/c1-7-5-9(11-3)10(12-4)6-8(7)2/h5-6,11-12H,1-4H3. The first kappa shape index (κ1) is 8.91. The van der Waals surface area contributed by atoms with Gasteiger partial charge in [0.2, 0.25) is 0 Å². The third-order valence-electron chi connectivity index (χ3n) is 2.17. The Hall–Kier alpha value is -1.18. The fraction of sp³-hybridized carbons (Fsp3) is 0.400. The lowest BCUT2D eigenvalue weighted by Crippen LogP contribution is -1.98. The Morgan fingerprint density at radius 2 is 1.17 bits per heavy atom. The van der Waals surface area contributed by atoms with E-state index in [1.807, 2.05) is 14.1 Å². The van der Waals surface area contributed by atoms with E-state index < -0.39 is 0 Å². The van der Waals surface area contributed by atoms with Gasteiger partial charge in [-0.2, -0.15) is 0 Å². The molecular weight excluding hydrogens is 148 g/mol. The van der Waals surface area contributed by atoms with Crippen LogP contribution in [0.25, 0.3) is 0 Å². The van der Waals surface area contributed by atoms with Crippen LogP contribution in [-0.2, 0) is 0 Å². The lowest BCUT2D eigenvalue weighted by molar-refractivity contribution is 1.32. The SMILES string of the molecule is CNc1cc(C)c(C)cc1NC. The largest absolute Gasteiger partial charge is 0.386 e. The van der Waals surface area contributed by atoms with E-state index in [2.05, 4.69) is 36.6 Å². The summed E-state index contributed by atoms with van der Waals surface area (Å²) in [5.41, 5.74) is 4.94. The van der Waals surface area contributed by atoms with Crippen LogP contribution in [-0.4, -0.2) is 14.1 Å². The maximum Gasteiger partial charge on any atom is 0.0576 e. The Labute approximate surface area is 74.0 Å². The van der Waals surface area contributed by atoms with Gasteiger partial charge in [-0.05, 0) is 37.1 Å². The highest BCUT2D eigenvalue weighted by atomic mass is 14.9. The van der Waals surface area contributed by atoms with E-state index in [9.17, 15) is 0 Å². The maximum absolute atomic E-state index is 3.15. The molecule has 12 heavy (non-hydrogen) atoms. The summed E-state index contributed by atoms with van der Waals surface area (Å²) >= 11 is 0. The Morgan fingerprint density at radius 3 is 1.42 bits per heavy atom. The number of benzene rings is 1. The molecule has 1 rings (SSSR count). The molecule has 0 aliphatic carbocycles. The maximum atomic E-state index is 3.15. The molecule has 2 heteroatoms. The molecule has 0 heterocycles. The van der Waals surface area contributed by atoms with Gasteiger partial charge in [0.25, 0.3) is 0 Å². The minimum absolute atomic E-state index is 1.15. The molecular formula is C10H16N2. The fourth-order valence-electron chi connectivity index (χ4n) is 1.23. The van der Waals surface area contributed by atoms with Gasteiger partial charge >= 0.3 is 0 Å². The summed E-state index contributed by atoms with van der Waals surface area (Å²) in [4.78, 5) is 0. The van der Waals surface area contributed by atoms with Crippen LogP contribution >= 0.6 is 0 Å². The number of hydrogen-bond acceptors (Lipinski definition) is 2. The van der Waals surface area contributed by atoms with E-state index >= 15 is 0 Å². The fourth-order valence-corrected chi connectivity index (χ4v) is 1.23. The smallest absolute Gasteiger partial charge is 0.0576 e. The van der Waals surface area contributed by atoms with Crippen LogP contribution in [0.3, 0.4) is 0 Å². The van der Waals surface area contributed by atoms with Crippen LogP contribution in [0.5, 0.6) is 0 Å². The van der Waals surface area contributed by atoms with Crippen molar-refractivity contribution in [2.45, 2.75) is 13.8 Å². The summed E-state index contributed by atoms with van der Waals surface area (Å²) in [6.45, 7) is 4.24. The summed E-state index contributed by atoms with van der Waals surface area (Å²) in [7, 11) is 3.87. The van der Waals surface area contributed by atoms with Gasteiger partial charge in [-0.25, -0.2) is 0 Å². The van der Waals surface area contributed by atoms with Gasteiger partial charge in [0.1, 0.15) is 0 Å². The number of rotatable bonds is 2. The number of nitrogens with one attached hydrogen (secondary N) is 2. The van der Waals surface area contributed by atoms with E-state index in [1.165, 1.54) is 11.1 Å². The number of anilines is 2. The normalized spacial score (nSPS) is 9.67. The minimum Gasteiger partial charge on any atom is -0.386 e. The number of aryl methyl sites for hydroxylation is 2. The van der Waals surface area contributed by atoms with Crippen molar-refractivity contribution in [3.05, 3.63) is 23.3 Å². The van der Waals surface area contributed by atoms with Crippen LogP contribution in [0.1, 0.15) is 11.1 Å². The van der Waals surface area contributed by atoms with Crippen LogP contribution in [0, 0.1) is 13.8 Å². The van der Waals surface area contributed by atoms with E-state index in [4.69, 9.17) is 0 Å². The molecule has 2 nitrogen and oxygen atoms in total. The monoisotopic (exact) mass is 164 g/mol. The Morgan fingerprint density at radius 1 is 0.833 bits per heavy atom. The van der Waals surface area contributed by atoms with Gasteiger partial charge < -0.3 is 10.6 Å². The molecule has 0 amide bonds. The molecule has 66 valence electrons. The Balaban J connectivity index is 3.19. The van der Waals surface area contributed by atoms with Crippen molar-refractivity contribution in [1.29, 1.82) is 0 Å². The van der Waals surface area contributed by atoms with Crippen molar-refractivity contribution in [2.24, 2.45) is 0 Å². The molecule has 0 fully saturated rings. The average molecular weight is 164 g/mol. The van der Waals surface area contributed by atoms with Gasteiger partial charge in [0.05, 0.1) is 11.4 Å². The number of hydrogen-bond donors (Lipinski definition) is 2. The Kier molecular flexibility index (Phi) is 2.58. The van der Waals surface area contributed by atoms with E-state index in [0.717, 1.165) is 11.4 Å². The first-order valence-electron chi connectivity index (χ1n) is 4.15. The van der Waals surface area contributed by atoms with Crippen molar-refractivity contribution < 1.29 is 0 Å². The summed E-state index contributed by atoms with van der Waals surface area (Å²) < 4.78 is 0. The first-order valence-corrected chi connectivity index (χ1v) is 4.15. The second kappa shape index (κ2) is 3.48. The predicted molar refractivity (Wildman–Crippen MR) is 55.0 cm³/mol. The zero-order valence-corrected chi connectivity index (χ0v) is 8.15. The zero-order chi connectivity index (χ0) is 9.14. The van der Waals surface area contributed by atoms with Gasteiger partial charge in [-0.1, -0.05) is 0 Å². The van der Waals surface area contributed by atoms with Crippen molar-refractivity contribution >= 4 is 11.4 Å². The minimum atomic E-state index is 1.15. The second-order valence-corrected chi connectivity index (χ2v) is 2.98. The van der Waals surface area contributed by atoms with Crippen molar-refractivity contribution in [1.82, 2.24) is 0 Å². The van der Waals surface area contributed by atoms with Crippen LogP contribution < -0.4 is 10.6 Å². The van der Waals surface area contributed by atoms with Gasteiger partial charge in [0.15, 0.2) is 0 Å². The molecule has 0 aliphatic heterocycles. The quantitative estimate of drug-likeness (QED) is 0.701. The van der Waals surface area contributed by atoms with Crippen LogP contribution in [0.4, 0.5) is 11.4 Å². The molecule has 1 aromatic rings. The molecule has 0 saturated carbocycles. The molecule has 2 N–H and O–H groups in total. The van der Waals surface area contributed by atoms with Crippen LogP contribution in [0.15, 0.2) is 12.1 Å². The first-order chi connectivity index (χ1) is 5.69. The molecule has 1 aromatic carbocycles. The highest BCUT2D eigenvalue weighted by Crippen LogP contribution is 2.24. The highest BCUT2D eigenvalue weighted by molar-refractivity contribution is 5.70. The highest BCUT2D eigenvalue weighted by Gasteiger charge is 2.00. The van der Waals surface area contributed by atoms with E-state index in [1.54, 1.807) is 0 Å². The molecule has 0 aliphatic rings. The molecule has 0 bridgehead atoms. The van der Waals surface area contributed by atoms with E-state index in [0.29, 0.717) is 0 Å². The van der Waals surface area contributed by atoms with Crippen molar-refractivity contribution in [3.8, 4) is 0 Å². The summed E-state index contributed by atoms with van der Waals surface area (Å²) in [5.74, 6) is 0. The third-order valence-corrected chi connectivity index (χ3v) is 2.17. The molecule has 0 atom stereocenters. The van der Waals surface area contributed by atoms with Crippen LogP contribution in [0.2, 0.25) is 0 Å². The van der Waals surface area contributed by atoms with Gasteiger partial charge in [0, 0.05) is 14.1 Å².